The summed E-state index contributed by atoms with van der Waals surface area (Å²) in [6.45, 7) is 2.41. The molecule has 5 heteroatoms. The standard InChI is InChI=1S/C12H17NO3.ClH/c1-2-7-5-9-8(11(6-13)16-7)3-4-10(14)12(9)15;/h3-4,7,11,14-15H,2,5-6,13H2,1H3;1H/t7-,11+;/m1./s1. The monoisotopic (exact) mass is 259 g/mol. The minimum atomic E-state index is -0.180. The van der Waals surface area contributed by atoms with E-state index in [1.165, 1.54) is 6.07 Å². The van der Waals surface area contributed by atoms with Crippen LogP contribution in [-0.2, 0) is 11.2 Å². The molecule has 0 spiro atoms. The third-order valence-corrected chi connectivity index (χ3v) is 3.10. The number of hydrogen-bond acceptors (Lipinski definition) is 4. The Bertz CT molecular complexity index is 398. The number of phenolic OH excluding ortho intramolecular Hbond substituents is 2. The quantitative estimate of drug-likeness (QED) is 0.709. The molecule has 0 aromatic heterocycles. The Kier molecular flexibility index (Phi) is 4.62. The molecule has 4 N–H and O–H groups in total. The molecular weight excluding hydrogens is 242 g/mol. The molecule has 1 aliphatic rings. The van der Waals surface area contributed by atoms with E-state index in [-0.39, 0.29) is 36.1 Å². The normalized spacial score (nSPS) is 22.7. The summed E-state index contributed by atoms with van der Waals surface area (Å²) < 4.78 is 5.79. The second-order valence-electron chi connectivity index (χ2n) is 4.10. The number of rotatable bonds is 2. The van der Waals surface area contributed by atoms with Crippen LogP contribution in [0, 0.1) is 0 Å². The minimum absolute atomic E-state index is 0. The van der Waals surface area contributed by atoms with E-state index in [9.17, 15) is 10.2 Å². The van der Waals surface area contributed by atoms with Crippen LogP contribution in [-0.4, -0.2) is 22.9 Å². The first-order valence-corrected chi connectivity index (χ1v) is 5.56. The molecule has 0 bridgehead atoms. The molecule has 0 fully saturated rings. The highest BCUT2D eigenvalue weighted by atomic mass is 35.5. The Morgan fingerprint density at radius 3 is 2.71 bits per heavy atom. The Hall–Kier alpha value is -0.970. The molecular formula is C12H18ClNO3. The van der Waals surface area contributed by atoms with E-state index < -0.39 is 0 Å². The second kappa shape index (κ2) is 5.58. The van der Waals surface area contributed by atoms with Gasteiger partial charge in [0.2, 0.25) is 0 Å². The largest absolute Gasteiger partial charge is 0.504 e. The van der Waals surface area contributed by atoms with Gasteiger partial charge in [-0.3, -0.25) is 0 Å². The lowest BCUT2D eigenvalue weighted by molar-refractivity contribution is -0.0228. The van der Waals surface area contributed by atoms with Gasteiger partial charge in [0, 0.05) is 18.5 Å². The molecule has 2 atom stereocenters. The van der Waals surface area contributed by atoms with Crippen molar-refractivity contribution in [1.82, 2.24) is 0 Å². The summed E-state index contributed by atoms with van der Waals surface area (Å²) in [7, 11) is 0. The number of halogens is 1. The van der Waals surface area contributed by atoms with Gasteiger partial charge < -0.3 is 20.7 Å². The van der Waals surface area contributed by atoms with Crippen molar-refractivity contribution in [3.8, 4) is 11.5 Å². The van der Waals surface area contributed by atoms with Crippen molar-refractivity contribution in [2.75, 3.05) is 6.54 Å². The van der Waals surface area contributed by atoms with Gasteiger partial charge in [0.15, 0.2) is 11.5 Å². The van der Waals surface area contributed by atoms with Gasteiger partial charge in [-0.25, -0.2) is 0 Å². The third-order valence-electron chi connectivity index (χ3n) is 3.10. The highest BCUT2D eigenvalue weighted by Crippen LogP contribution is 2.40. The lowest BCUT2D eigenvalue weighted by Crippen LogP contribution is -2.29. The van der Waals surface area contributed by atoms with Crippen molar-refractivity contribution in [3.63, 3.8) is 0 Å². The summed E-state index contributed by atoms with van der Waals surface area (Å²) >= 11 is 0. The fourth-order valence-electron chi connectivity index (χ4n) is 2.16. The van der Waals surface area contributed by atoms with Gasteiger partial charge in [0.1, 0.15) is 0 Å². The molecule has 1 aliphatic heterocycles. The highest BCUT2D eigenvalue weighted by molar-refractivity contribution is 5.85. The van der Waals surface area contributed by atoms with Crippen LogP contribution in [0.4, 0.5) is 0 Å². The molecule has 0 saturated heterocycles. The number of ether oxygens (including phenoxy) is 1. The van der Waals surface area contributed by atoms with Crippen LogP contribution in [0.3, 0.4) is 0 Å². The number of aromatic hydroxyl groups is 2. The first-order chi connectivity index (χ1) is 7.67. The first-order valence-electron chi connectivity index (χ1n) is 5.56. The number of nitrogens with two attached hydrogens (primary N) is 1. The van der Waals surface area contributed by atoms with Gasteiger partial charge >= 0.3 is 0 Å². The van der Waals surface area contributed by atoms with Crippen LogP contribution in [0.1, 0.15) is 30.6 Å². The van der Waals surface area contributed by atoms with Crippen LogP contribution >= 0.6 is 12.4 Å². The molecule has 4 nitrogen and oxygen atoms in total. The van der Waals surface area contributed by atoms with E-state index in [1.54, 1.807) is 6.07 Å². The van der Waals surface area contributed by atoms with Crippen LogP contribution in [0.15, 0.2) is 12.1 Å². The lowest BCUT2D eigenvalue weighted by atomic mass is 9.92. The first kappa shape index (κ1) is 14.1. The molecule has 1 aromatic carbocycles. The van der Waals surface area contributed by atoms with E-state index in [1.807, 2.05) is 6.92 Å². The van der Waals surface area contributed by atoms with Crippen molar-refractivity contribution in [1.29, 1.82) is 0 Å². The molecule has 0 unspecified atom stereocenters. The molecule has 0 aliphatic carbocycles. The average Bonchev–Trinajstić information content (AvgIpc) is 2.32. The molecule has 2 rings (SSSR count). The Balaban J connectivity index is 0.00000144. The molecule has 0 amide bonds. The summed E-state index contributed by atoms with van der Waals surface area (Å²) in [5.41, 5.74) is 7.32. The van der Waals surface area contributed by atoms with E-state index in [2.05, 4.69) is 0 Å². The van der Waals surface area contributed by atoms with Crippen LogP contribution in [0.2, 0.25) is 0 Å². The van der Waals surface area contributed by atoms with E-state index in [0.29, 0.717) is 13.0 Å². The lowest BCUT2D eigenvalue weighted by Gasteiger charge is -2.31. The number of hydrogen-bond donors (Lipinski definition) is 3. The van der Waals surface area contributed by atoms with E-state index in [4.69, 9.17) is 10.5 Å². The van der Waals surface area contributed by atoms with Crippen LogP contribution in [0.5, 0.6) is 11.5 Å². The number of benzene rings is 1. The summed E-state index contributed by atoms with van der Waals surface area (Å²) in [5.74, 6) is -0.107. The Labute approximate surface area is 107 Å². The van der Waals surface area contributed by atoms with Crippen molar-refractivity contribution in [2.24, 2.45) is 5.73 Å². The Morgan fingerprint density at radius 2 is 2.12 bits per heavy atom. The average molecular weight is 260 g/mol. The summed E-state index contributed by atoms with van der Waals surface area (Å²) in [6, 6.07) is 3.25. The predicted molar refractivity (Wildman–Crippen MR) is 67.7 cm³/mol. The van der Waals surface area contributed by atoms with Crippen LogP contribution in [0.25, 0.3) is 0 Å². The van der Waals surface area contributed by atoms with E-state index in [0.717, 1.165) is 17.5 Å². The Morgan fingerprint density at radius 1 is 1.41 bits per heavy atom. The van der Waals surface area contributed by atoms with Crippen molar-refractivity contribution in [2.45, 2.75) is 32.0 Å². The maximum atomic E-state index is 9.82. The van der Waals surface area contributed by atoms with Gasteiger partial charge in [0.05, 0.1) is 12.2 Å². The van der Waals surface area contributed by atoms with Gasteiger partial charge in [-0.2, -0.15) is 0 Å². The van der Waals surface area contributed by atoms with Gasteiger partial charge in [-0.15, -0.1) is 12.4 Å². The van der Waals surface area contributed by atoms with Crippen molar-refractivity contribution in [3.05, 3.63) is 23.3 Å². The maximum Gasteiger partial charge on any atom is 0.161 e. The molecule has 1 aromatic rings. The van der Waals surface area contributed by atoms with Gasteiger partial charge in [0.25, 0.3) is 0 Å². The smallest absolute Gasteiger partial charge is 0.161 e. The van der Waals surface area contributed by atoms with E-state index >= 15 is 0 Å². The topological polar surface area (TPSA) is 75.7 Å². The molecule has 0 radical (unpaired) electrons. The number of fused-ring (bicyclic) bond motifs is 1. The fraction of sp³-hybridized carbons (Fsp3) is 0.500. The van der Waals surface area contributed by atoms with Gasteiger partial charge in [-0.05, 0) is 18.1 Å². The zero-order valence-electron chi connectivity index (χ0n) is 9.72. The molecule has 1 heterocycles. The predicted octanol–water partition coefficient (Wildman–Crippen LogP) is 1.87. The molecule has 96 valence electrons. The number of phenols is 2. The van der Waals surface area contributed by atoms with Crippen molar-refractivity contribution >= 4 is 12.4 Å². The van der Waals surface area contributed by atoms with Crippen molar-refractivity contribution < 1.29 is 14.9 Å². The third kappa shape index (κ3) is 2.49. The second-order valence-corrected chi connectivity index (χ2v) is 4.10. The SMILES string of the molecule is CC[C@@H]1Cc2c(ccc(O)c2O)[C@H](CN)O1.Cl. The summed E-state index contributed by atoms with van der Waals surface area (Å²) in [5, 5.41) is 19.3. The zero-order valence-corrected chi connectivity index (χ0v) is 10.5. The van der Waals surface area contributed by atoms with Gasteiger partial charge in [-0.1, -0.05) is 13.0 Å². The fourth-order valence-corrected chi connectivity index (χ4v) is 2.16. The summed E-state index contributed by atoms with van der Waals surface area (Å²) in [6.07, 6.45) is 1.38. The van der Waals surface area contributed by atoms with Crippen LogP contribution < -0.4 is 5.73 Å². The molecule has 17 heavy (non-hydrogen) atoms. The summed E-state index contributed by atoms with van der Waals surface area (Å²) in [4.78, 5) is 0. The minimum Gasteiger partial charge on any atom is -0.504 e. The molecule has 0 saturated carbocycles. The zero-order chi connectivity index (χ0) is 11.7. The highest BCUT2D eigenvalue weighted by Gasteiger charge is 2.28. The maximum absolute atomic E-state index is 9.82.